The molecule has 27 heavy (non-hydrogen) atoms. The summed E-state index contributed by atoms with van der Waals surface area (Å²) in [4.78, 5) is 15.5. The third kappa shape index (κ3) is 3.84. The Morgan fingerprint density at radius 1 is 1.07 bits per heavy atom. The van der Waals surface area contributed by atoms with E-state index in [2.05, 4.69) is 42.2 Å². The number of benzene rings is 2. The molecule has 3 heteroatoms. The fourth-order valence-electron chi connectivity index (χ4n) is 4.27. The molecule has 0 fully saturated rings. The van der Waals surface area contributed by atoms with E-state index in [1.165, 1.54) is 11.1 Å². The Morgan fingerprint density at radius 3 is 2.67 bits per heavy atom. The lowest BCUT2D eigenvalue weighted by atomic mass is 9.89. The van der Waals surface area contributed by atoms with E-state index in [1.54, 1.807) is 0 Å². The molecule has 1 aliphatic heterocycles. The van der Waals surface area contributed by atoms with Gasteiger partial charge in [0.2, 0.25) is 0 Å². The molecule has 140 valence electrons. The second-order valence-corrected chi connectivity index (χ2v) is 7.43. The molecule has 0 aromatic heterocycles. The molecule has 0 amide bonds. The Balaban J connectivity index is 1.63. The first-order chi connectivity index (χ1) is 13.3. The Morgan fingerprint density at radius 2 is 1.85 bits per heavy atom. The van der Waals surface area contributed by atoms with E-state index in [4.69, 9.17) is 4.74 Å². The summed E-state index contributed by atoms with van der Waals surface area (Å²) in [5, 5.41) is 0. The minimum Gasteiger partial charge on any atom is -0.454 e. The topological polar surface area (TPSA) is 29.5 Å². The van der Waals surface area contributed by atoms with Gasteiger partial charge in [0.15, 0.2) is 0 Å². The number of hydrogen-bond acceptors (Lipinski definition) is 3. The number of rotatable bonds is 4. The SMILES string of the molecule is CCN1CCC(c2ccccc2)=C(C(=O)OC2CCCc3ccccc32)C1. The van der Waals surface area contributed by atoms with Crippen LogP contribution in [0.2, 0.25) is 0 Å². The maximum atomic E-state index is 13.2. The number of likely N-dealkylation sites (N-methyl/N-ethyl adjacent to an activating group) is 1. The lowest BCUT2D eigenvalue weighted by Gasteiger charge is -2.31. The minimum absolute atomic E-state index is 0.121. The molecule has 2 aliphatic rings. The zero-order valence-corrected chi connectivity index (χ0v) is 16.0. The maximum Gasteiger partial charge on any atom is 0.336 e. The van der Waals surface area contributed by atoms with Crippen LogP contribution in [0, 0.1) is 0 Å². The number of esters is 1. The largest absolute Gasteiger partial charge is 0.454 e. The molecule has 0 saturated carbocycles. The van der Waals surface area contributed by atoms with Crippen molar-refractivity contribution in [3.8, 4) is 0 Å². The van der Waals surface area contributed by atoms with Crippen LogP contribution >= 0.6 is 0 Å². The fraction of sp³-hybridized carbons (Fsp3) is 0.375. The van der Waals surface area contributed by atoms with Crippen LogP contribution in [0.25, 0.3) is 5.57 Å². The molecular weight excluding hydrogens is 334 g/mol. The minimum atomic E-state index is -0.145. The molecule has 0 radical (unpaired) electrons. The first-order valence-electron chi connectivity index (χ1n) is 10.0. The van der Waals surface area contributed by atoms with Crippen LogP contribution in [0.15, 0.2) is 60.2 Å². The van der Waals surface area contributed by atoms with Crippen molar-refractivity contribution >= 4 is 11.5 Å². The molecule has 3 nitrogen and oxygen atoms in total. The molecule has 1 heterocycles. The van der Waals surface area contributed by atoms with Crippen LogP contribution in [-0.2, 0) is 16.0 Å². The molecule has 1 aliphatic carbocycles. The lowest BCUT2D eigenvalue weighted by Crippen LogP contribution is -2.34. The highest BCUT2D eigenvalue weighted by Gasteiger charge is 2.29. The van der Waals surface area contributed by atoms with Gasteiger partial charge in [-0.25, -0.2) is 4.79 Å². The third-order valence-corrected chi connectivity index (χ3v) is 5.80. The van der Waals surface area contributed by atoms with Gasteiger partial charge in [0, 0.05) is 13.1 Å². The van der Waals surface area contributed by atoms with Crippen molar-refractivity contribution < 1.29 is 9.53 Å². The Kier molecular flexibility index (Phi) is 5.40. The Hall–Kier alpha value is -2.39. The number of ether oxygens (including phenoxy) is 1. The van der Waals surface area contributed by atoms with Crippen LogP contribution in [0.3, 0.4) is 0 Å². The molecule has 4 rings (SSSR count). The van der Waals surface area contributed by atoms with Gasteiger partial charge in [0.25, 0.3) is 0 Å². The fourth-order valence-corrected chi connectivity index (χ4v) is 4.27. The van der Waals surface area contributed by atoms with E-state index in [1.807, 2.05) is 24.3 Å². The van der Waals surface area contributed by atoms with Crippen molar-refractivity contribution in [3.05, 3.63) is 76.9 Å². The normalized spacial score (nSPS) is 20.3. The Bertz CT molecular complexity index is 840. The quantitative estimate of drug-likeness (QED) is 0.734. The summed E-state index contributed by atoms with van der Waals surface area (Å²) in [7, 11) is 0. The molecule has 0 saturated heterocycles. The average Bonchev–Trinajstić information content (AvgIpc) is 2.74. The van der Waals surface area contributed by atoms with Gasteiger partial charge < -0.3 is 4.74 Å². The summed E-state index contributed by atoms with van der Waals surface area (Å²) in [5.74, 6) is -0.145. The molecule has 1 atom stereocenters. The van der Waals surface area contributed by atoms with Gasteiger partial charge in [0.1, 0.15) is 6.10 Å². The molecule has 2 aromatic carbocycles. The van der Waals surface area contributed by atoms with E-state index in [-0.39, 0.29) is 12.1 Å². The first kappa shape index (κ1) is 18.0. The highest BCUT2D eigenvalue weighted by molar-refractivity contribution is 5.98. The number of fused-ring (bicyclic) bond motifs is 1. The van der Waals surface area contributed by atoms with E-state index < -0.39 is 0 Å². The molecule has 2 aromatic rings. The summed E-state index contributed by atoms with van der Waals surface area (Å²) in [6.07, 6.45) is 3.83. The van der Waals surface area contributed by atoms with Crippen LogP contribution in [-0.4, -0.2) is 30.5 Å². The number of hydrogen-bond donors (Lipinski definition) is 0. The highest BCUT2D eigenvalue weighted by Crippen LogP contribution is 2.35. The van der Waals surface area contributed by atoms with Crippen molar-refractivity contribution in [2.24, 2.45) is 0 Å². The van der Waals surface area contributed by atoms with Gasteiger partial charge in [-0.2, -0.15) is 0 Å². The Labute approximate surface area is 161 Å². The van der Waals surface area contributed by atoms with Crippen LogP contribution in [0.1, 0.15) is 49.0 Å². The smallest absolute Gasteiger partial charge is 0.336 e. The van der Waals surface area contributed by atoms with Crippen LogP contribution < -0.4 is 0 Å². The molecular formula is C24H27NO2. The monoisotopic (exact) mass is 361 g/mol. The lowest BCUT2D eigenvalue weighted by molar-refractivity contribution is -0.145. The predicted octanol–water partition coefficient (Wildman–Crippen LogP) is 4.79. The predicted molar refractivity (Wildman–Crippen MR) is 108 cm³/mol. The second kappa shape index (κ2) is 8.10. The van der Waals surface area contributed by atoms with Gasteiger partial charge in [-0.05, 0) is 54.5 Å². The van der Waals surface area contributed by atoms with Gasteiger partial charge in [-0.3, -0.25) is 4.90 Å². The van der Waals surface area contributed by atoms with E-state index >= 15 is 0 Å². The standard InChI is InChI=1S/C24H27NO2/c1-2-25-16-15-20(18-9-4-3-5-10-18)22(17-25)24(26)27-23-14-8-12-19-11-6-7-13-21(19)23/h3-7,9-11,13,23H,2,8,12,14-17H2,1H3. The maximum absolute atomic E-state index is 13.2. The molecule has 1 unspecified atom stereocenters. The van der Waals surface area contributed by atoms with E-state index in [0.717, 1.165) is 55.5 Å². The van der Waals surface area contributed by atoms with Crippen molar-refractivity contribution in [2.75, 3.05) is 19.6 Å². The van der Waals surface area contributed by atoms with Gasteiger partial charge in [0.05, 0.1) is 5.57 Å². The second-order valence-electron chi connectivity index (χ2n) is 7.43. The summed E-state index contributed by atoms with van der Waals surface area (Å²) in [6, 6.07) is 18.7. The van der Waals surface area contributed by atoms with Crippen LogP contribution in [0.4, 0.5) is 0 Å². The summed E-state index contributed by atoms with van der Waals surface area (Å²) >= 11 is 0. The van der Waals surface area contributed by atoms with Crippen molar-refractivity contribution in [2.45, 2.75) is 38.7 Å². The van der Waals surface area contributed by atoms with Gasteiger partial charge in [-0.15, -0.1) is 0 Å². The molecule has 0 spiro atoms. The zero-order chi connectivity index (χ0) is 18.6. The number of nitrogens with zero attached hydrogens (tertiary/aromatic N) is 1. The van der Waals surface area contributed by atoms with E-state index in [9.17, 15) is 4.79 Å². The highest BCUT2D eigenvalue weighted by atomic mass is 16.5. The van der Waals surface area contributed by atoms with Crippen LogP contribution in [0.5, 0.6) is 0 Å². The summed E-state index contributed by atoms with van der Waals surface area (Å²) in [5.41, 5.74) is 5.62. The van der Waals surface area contributed by atoms with Gasteiger partial charge >= 0.3 is 5.97 Å². The van der Waals surface area contributed by atoms with Crippen molar-refractivity contribution in [1.82, 2.24) is 4.90 Å². The summed E-state index contributed by atoms with van der Waals surface area (Å²) in [6.45, 7) is 4.76. The number of aryl methyl sites for hydroxylation is 1. The molecule has 0 bridgehead atoms. The van der Waals surface area contributed by atoms with Gasteiger partial charge in [-0.1, -0.05) is 61.5 Å². The van der Waals surface area contributed by atoms with Crippen molar-refractivity contribution in [1.29, 1.82) is 0 Å². The first-order valence-corrected chi connectivity index (χ1v) is 10.0. The van der Waals surface area contributed by atoms with E-state index in [0.29, 0.717) is 6.54 Å². The van der Waals surface area contributed by atoms with Crippen molar-refractivity contribution in [3.63, 3.8) is 0 Å². The average molecular weight is 361 g/mol. The third-order valence-electron chi connectivity index (χ3n) is 5.80. The zero-order valence-electron chi connectivity index (χ0n) is 16.0. The number of carbonyl (C=O) groups excluding carboxylic acids is 1. The number of carbonyl (C=O) groups is 1. The molecule has 0 N–H and O–H groups in total. The summed E-state index contributed by atoms with van der Waals surface area (Å²) < 4.78 is 6.08.